The Morgan fingerprint density at radius 3 is 2.55 bits per heavy atom. The Kier molecular flexibility index (Phi) is 7.58. The summed E-state index contributed by atoms with van der Waals surface area (Å²) in [5.74, 6) is -1.77. The fraction of sp³-hybridized carbons (Fsp3) is 0.355. The number of hydrogen-bond donors (Lipinski definition) is 1. The van der Waals surface area contributed by atoms with Gasteiger partial charge in [-0.15, -0.1) is 0 Å². The van der Waals surface area contributed by atoms with E-state index in [-0.39, 0.29) is 52.9 Å². The van der Waals surface area contributed by atoms with Gasteiger partial charge in [0.2, 0.25) is 0 Å². The molecule has 0 spiro atoms. The number of pyridine rings is 2. The lowest BCUT2D eigenvalue weighted by Crippen LogP contribution is -2.55. The molecular formula is C31H30ClFN6O5. The molecule has 5 heterocycles. The number of aromatic nitrogens is 4. The molecule has 1 aromatic carbocycles. The van der Waals surface area contributed by atoms with E-state index in [4.69, 9.17) is 26.4 Å². The van der Waals surface area contributed by atoms with Crippen molar-refractivity contribution in [2.24, 2.45) is 0 Å². The molecule has 1 amide bonds. The van der Waals surface area contributed by atoms with E-state index in [1.54, 1.807) is 41.4 Å². The van der Waals surface area contributed by atoms with Gasteiger partial charge in [0.1, 0.15) is 11.6 Å². The van der Waals surface area contributed by atoms with Crippen molar-refractivity contribution in [3.8, 4) is 16.9 Å². The summed E-state index contributed by atoms with van der Waals surface area (Å²) in [4.78, 5) is 55.5. The highest BCUT2D eigenvalue weighted by Gasteiger charge is 2.52. The first kappa shape index (κ1) is 29.6. The number of fused-ring (bicyclic) bond motifs is 1. The predicted octanol–water partition coefficient (Wildman–Crippen LogP) is 3.96. The van der Waals surface area contributed by atoms with Gasteiger partial charge in [-0.25, -0.2) is 23.5 Å². The molecule has 0 radical (unpaired) electrons. The van der Waals surface area contributed by atoms with E-state index in [2.05, 4.69) is 9.97 Å². The van der Waals surface area contributed by atoms with Crippen LogP contribution >= 0.6 is 11.6 Å². The van der Waals surface area contributed by atoms with Crippen LogP contribution in [0.4, 0.5) is 10.2 Å². The van der Waals surface area contributed by atoms with Gasteiger partial charge in [0.15, 0.2) is 17.9 Å². The standard InChI is InChI=1S/C31H30ClFN6O5/c1-15(2)22-24(16(3)9-10-34-22)39-28-19(13-20(32)23(35-28)18-7-5-6-8-21(18)33)27(36-31(39)43)38-12-11-37(14-17(38)4)29(40)25-26(44-25)30(41)42/h5-10,13,15,17,25-26H,11-12,14H2,1-4H3,(H,41,42)/t17?,25-,26-/m0/s1. The fourth-order valence-corrected chi connectivity index (χ4v) is 6.05. The summed E-state index contributed by atoms with van der Waals surface area (Å²) in [6, 6.07) is 9.29. The second-order valence-corrected chi connectivity index (χ2v) is 11.8. The lowest BCUT2D eigenvalue weighted by molar-refractivity contribution is -0.139. The van der Waals surface area contributed by atoms with Crippen molar-refractivity contribution < 1.29 is 23.8 Å². The SMILES string of the molecule is Cc1ccnc(C(C)C)c1-n1c(=O)nc(N2CCN(C(=O)[C@H]3O[C@@H]3C(=O)O)CC2C)c2cc(Cl)c(-c3ccccc3F)nc21. The van der Waals surface area contributed by atoms with Crippen LogP contribution in [0, 0.1) is 12.7 Å². The van der Waals surface area contributed by atoms with Crippen molar-refractivity contribution in [3.05, 3.63) is 75.2 Å². The molecule has 6 rings (SSSR count). The largest absolute Gasteiger partial charge is 0.479 e. The number of aryl methyl sites for hydroxylation is 1. The van der Waals surface area contributed by atoms with Crippen molar-refractivity contribution in [1.82, 2.24) is 24.4 Å². The molecule has 0 bridgehead atoms. The smallest absolute Gasteiger partial charge is 0.355 e. The third-order valence-corrected chi connectivity index (χ3v) is 8.33. The minimum atomic E-state index is -1.17. The zero-order chi connectivity index (χ0) is 31.4. The molecule has 1 unspecified atom stereocenters. The first-order chi connectivity index (χ1) is 21.0. The number of nitrogens with zero attached hydrogens (tertiary/aromatic N) is 6. The Morgan fingerprint density at radius 2 is 1.89 bits per heavy atom. The lowest BCUT2D eigenvalue weighted by Gasteiger charge is -2.40. The summed E-state index contributed by atoms with van der Waals surface area (Å²) >= 11 is 6.76. The first-order valence-electron chi connectivity index (χ1n) is 14.3. The molecule has 4 aromatic rings. The van der Waals surface area contributed by atoms with Gasteiger partial charge in [0.25, 0.3) is 5.91 Å². The number of amides is 1. The summed E-state index contributed by atoms with van der Waals surface area (Å²) < 4.78 is 21.4. The average molecular weight is 621 g/mol. The van der Waals surface area contributed by atoms with Gasteiger partial charge in [-0.05, 0) is 49.6 Å². The van der Waals surface area contributed by atoms with Crippen LogP contribution in [0.25, 0.3) is 28.0 Å². The highest BCUT2D eigenvalue weighted by molar-refractivity contribution is 6.33. The van der Waals surface area contributed by atoms with E-state index in [0.717, 1.165) is 5.56 Å². The van der Waals surface area contributed by atoms with Gasteiger partial charge >= 0.3 is 11.7 Å². The highest BCUT2D eigenvalue weighted by Crippen LogP contribution is 2.36. The number of halogens is 2. The number of anilines is 1. The minimum absolute atomic E-state index is 0.0355. The molecule has 1 N–H and O–H groups in total. The van der Waals surface area contributed by atoms with Gasteiger partial charge in [0, 0.05) is 37.4 Å². The van der Waals surface area contributed by atoms with Crippen LogP contribution in [0.5, 0.6) is 0 Å². The van der Waals surface area contributed by atoms with E-state index in [1.807, 2.05) is 32.6 Å². The number of carbonyl (C=O) groups is 2. The Morgan fingerprint density at radius 1 is 1.14 bits per heavy atom. The molecule has 3 aromatic heterocycles. The molecular weight excluding hydrogens is 591 g/mol. The quantitative estimate of drug-likeness (QED) is 0.318. The normalized spacial score (nSPS) is 19.9. The molecule has 228 valence electrons. The van der Waals surface area contributed by atoms with Crippen LogP contribution in [0.3, 0.4) is 0 Å². The van der Waals surface area contributed by atoms with Crippen molar-refractivity contribution in [2.75, 3.05) is 24.5 Å². The monoisotopic (exact) mass is 620 g/mol. The van der Waals surface area contributed by atoms with Gasteiger partial charge in [-0.1, -0.05) is 37.6 Å². The second-order valence-electron chi connectivity index (χ2n) is 11.4. The maximum atomic E-state index is 15.0. The number of hydrogen-bond acceptors (Lipinski definition) is 8. The molecule has 3 atom stereocenters. The molecule has 13 heteroatoms. The molecule has 0 aliphatic carbocycles. The van der Waals surface area contributed by atoms with Crippen LogP contribution in [0.1, 0.15) is 37.9 Å². The second kappa shape index (κ2) is 11.3. The van der Waals surface area contributed by atoms with E-state index in [1.165, 1.54) is 10.6 Å². The summed E-state index contributed by atoms with van der Waals surface area (Å²) in [5.41, 5.74) is 2.01. The summed E-state index contributed by atoms with van der Waals surface area (Å²) in [6.07, 6.45) is -0.434. The van der Waals surface area contributed by atoms with Gasteiger partial charge in [-0.3, -0.25) is 9.78 Å². The van der Waals surface area contributed by atoms with Crippen LogP contribution < -0.4 is 10.6 Å². The number of benzene rings is 1. The van der Waals surface area contributed by atoms with E-state index in [9.17, 15) is 18.8 Å². The maximum absolute atomic E-state index is 15.0. The molecule has 0 saturated carbocycles. The Balaban J connectivity index is 1.51. The Labute approximate surface area is 256 Å². The van der Waals surface area contributed by atoms with Gasteiger partial charge < -0.3 is 19.6 Å². The molecule has 2 aliphatic heterocycles. The fourth-order valence-electron chi connectivity index (χ4n) is 5.79. The maximum Gasteiger partial charge on any atom is 0.355 e. The zero-order valence-electron chi connectivity index (χ0n) is 24.5. The van der Waals surface area contributed by atoms with Crippen molar-refractivity contribution >= 4 is 40.3 Å². The van der Waals surface area contributed by atoms with E-state index in [0.29, 0.717) is 29.1 Å². The minimum Gasteiger partial charge on any atom is -0.479 e. The van der Waals surface area contributed by atoms with Crippen molar-refractivity contribution in [1.29, 1.82) is 0 Å². The predicted molar refractivity (Wildman–Crippen MR) is 162 cm³/mol. The van der Waals surface area contributed by atoms with Crippen molar-refractivity contribution in [2.45, 2.75) is 51.9 Å². The lowest BCUT2D eigenvalue weighted by atomic mass is 10.0. The molecule has 2 saturated heterocycles. The van der Waals surface area contributed by atoms with E-state index >= 15 is 0 Å². The van der Waals surface area contributed by atoms with Crippen LogP contribution in [-0.2, 0) is 14.3 Å². The van der Waals surface area contributed by atoms with E-state index < -0.39 is 29.7 Å². The number of ether oxygens (including phenoxy) is 1. The summed E-state index contributed by atoms with van der Waals surface area (Å²) in [6.45, 7) is 8.52. The first-order valence-corrected chi connectivity index (χ1v) is 14.6. The van der Waals surface area contributed by atoms with Crippen molar-refractivity contribution in [3.63, 3.8) is 0 Å². The molecule has 44 heavy (non-hydrogen) atoms. The number of carbonyl (C=O) groups excluding carboxylic acids is 1. The number of carboxylic acids is 1. The summed E-state index contributed by atoms with van der Waals surface area (Å²) in [7, 11) is 0. The third kappa shape index (κ3) is 5.07. The van der Waals surface area contributed by atoms with Gasteiger partial charge in [0.05, 0.1) is 27.5 Å². The molecule has 2 fully saturated rings. The van der Waals surface area contributed by atoms with Crippen LogP contribution in [0.15, 0.2) is 47.4 Å². The zero-order valence-corrected chi connectivity index (χ0v) is 25.2. The number of piperazine rings is 1. The van der Waals surface area contributed by atoms with Crippen LogP contribution in [-0.4, -0.2) is 79.3 Å². The number of epoxide rings is 1. The third-order valence-electron chi connectivity index (χ3n) is 8.04. The van der Waals surface area contributed by atoms with Gasteiger partial charge in [-0.2, -0.15) is 4.98 Å². The number of carboxylic acid groups (broad SMARTS) is 1. The van der Waals surface area contributed by atoms with Crippen LogP contribution in [0.2, 0.25) is 5.02 Å². The summed E-state index contributed by atoms with van der Waals surface area (Å²) in [5, 5.41) is 9.80. The Hall–Kier alpha value is -4.42. The molecule has 2 aliphatic rings. The average Bonchev–Trinajstić information content (AvgIpc) is 3.79. The number of aliphatic carboxylic acids is 1. The number of rotatable bonds is 6. The Bertz CT molecular complexity index is 1880. The topological polar surface area (TPSA) is 134 Å². The molecule has 11 nitrogen and oxygen atoms in total. The highest BCUT2D eigenvalue weighted by atomic mass is 35.5.